The number of hydrogen-bond donors (Lipinski definition) is 1. The van der Waals surface area contributed by atoms with Gasteiger partial charge in [-0.2, -0.15) is 13.2 Å². The molecule has 20 heavy (non-hydrogen) atoms. The van der Waals surface area contributed by atoms with Gasteiger partial charge in [-0.1, -0.05) is 32.4 Å². The molecule has 0 aromatic heterocycles. The van der Waals surface area contributed by atoms with Crippen LogP contribution < -0.4 is 5.32 Å². The molecule has 1 aromatic rings. The highest BCUT2D eigenvalue weighted by atomic mass is 19.4. The summed E-state index contributed by atoms with van der Waals surface area (Å²) in [6.45, 7) is 4.42. The van der Waals surface area contributed by atoms with Crippen molar-refractivity contribution in [3.05, 3.63) is 35.4 Å². The lowest BCUT2D eigenvalue weighted by molar-refractivity contribution is -0.137. The maximum atomic E-state index is 12.8. The topological polar surface area (TPSA) is 12.0 Å². The molecule has 1 aliphatic carbocycles. The van der Waals surface area contributed by atoms with E-state index in [1.165, 1.54) is 12.1 Å². The molecule has 1 fully saturated rings. The molecule has 0 heterocycles. The van der Waals surface area contributed by atoms with Crippen LogP contribution in [0.4, 0.5) is 13.2 Å². The number of halogens is 3. The Morgan fingerprint density at radius 2 is 2.00 bits per heavy atom. The molecular formula is C16H22F3N. The second-order valence-electron chi connectivity index (χ2n) is 6.38. The monoisotopic (exact) mass is 285 g/mol. The van der Waals surface area contributed by atoms with Crippen LogP contribution in [0.3, 0.4) is 0 Å². The predicted octanol–water partition coefficient (Wildman–Crippen LogP) is 4.79. The zero-order valence-corrected chi connectivity index (χ0v) is 12.2. The molecule has 2 rings (SSSR count). The van der Waals surface area contributed by atoms with Crippen molar-refractivity contribution < 1.29 is 13.2 Å². The molecule has 1 aromatic carbocycles. The summed E-state index contributed by atoms with van der Waals surface area (Å²) in [4.78, 5) is 0. The Morgan fingerprint density at radius 3 is 2.50 bits per heavy atom. The van der Waals surface area contributed by atoms with E-state index in [-0.39, 0.29) is 11.5 Å². The molecule has 0 saturated heterocycles. The van der Waals surface area contributed by atoms with E-state index in [0.717, 1.165) is 30.9 Å². The van der Waals surface area contributed by atoms with E-state index in [1.807, 2.05) is 7.05 Å². The van der Waals surface area contributed by atoms with Crippen LogP contribution in [0.15, 0.2) is 24.3 Å². The maximum Gasteiger partial charge on any atom is 0.416 e. The summed E-state index contributed by atoms with van der Waals surface area (Å²) in [7, 11) is 1.83. The molecule has 4 heteroatoms. The summed E-state index contributed by atoms with van der Waals surface area (Å²) in [5, 5.41) is 3.23. The number of hydrogen-bond acceptors (Lipinski definition) is 1. The Labute approximate surface area is 118 Å². The number of rotatable bonds is 3. The van der Waals surface area contributed by atoms with Gasteiger partial charge in [0.25, 0.3) is 0 Å². The number of benzene rings is 1. The fourth-order valence-corrected chi connectivity index (χ4v) is 3.48. The van der Waals surface area contributed by atoms with Crippen molar-refractivity contribution in [3.63, 3.8) is 0 Å². The van der Waals surface area contributed by atoms with Crippen LogP contribution in [-0.4, -0.2) is 7.05 Å². The average molecular weight is 285 g/mol. The van der Waals surface area contributed by atoms with Crippen LogP contribution in [0, 0.1) is 11.3 Å². The van der Waals surface area contributed by atoms with E-state index in [2.05, 4.69) is 19.2 Å². The molecule has 0 spiro atoms. The van der Waals surface area contributed by atoms with Gasteiger partial charge in [0.1, 0.15) is 0 Å². The minimum atomic E-state index is -4.28. The van der Waals surface area contributed by atoms with Crippen LogP contribution in [0.5, 0.6) is 0 Å². The Morgan fingerprint density at radius 1 is 1.30 bits per heavy atom. The summed E-state index contributed by atoms with van der Waals surface area (Å²) in [6, 6.07) is 5.70. The van der Waals surface area contributed by atoms with Crippen LogP contribution in [-0.2, 0) is 6.18 Å². The van der Waals surface area contributed by atoms with Crippen LogP contribution in [0.2, 0.25) is 0 Å². The highest BCUT2D eigenvalue weighted by Gasteiger charge is 2.40. The third-order valence-corrected chi connectivity index (χ3v) is 4.63. The zero-order valence-electron chi connectivity index (χ0n) is 12.2. The second-order valence-corrected chi connectivity index (χ2v) is 6.38. The van der Waals surface area contributed by atoms with Crippen molar-refractivity contribution in [2.45, 2.75) is 45.3 Å². The van der Waals surface area contributed by atoms with E-state index in [4.69, 9.17) is 0 Å². The van der Waals surface area contributed by atoms with Gasteiger partial charge in [-0.25, -0.2) is 0 Å². The van der Waals surface area contributed by atoms with Gasteiger partial charge >= 0.3 is 6.18 Å². The molecule has 0 bridgehead atoms. The van der Waals surface area contributed by atoms with E-state index >= 15 is 0 Å². The number of nitrogens with one attached hydrogen (secondary N) is 1. The van der Waals surface area contributed by atoms with Gasteiger partial charge in [0.05, 0.1) is 5.56 Å². The largest absolute Gasteiger partial charge is 0.416 e. The van der Waals surface area contributed by atoms with Crippen molar-refractivity contribution in [1.82, 2.24) is 5.32 Å². The molecule has 1 nitrogen and oxygen atoms in total. The molecule has 0 amide bonds. The van der Waals surface area contributed by atoms with Crippen LogP contribution in [0.1, 0.15) is 50.3 Å². The lowest BCUT2D eigenvalue weighted by Crippen LogP contribution is -2.32. The molecule has 2 atom stereocenters. The highest BCUT2D eigenvalue weighted by molar-refractivity contribution is 5.29. The quantitative estimate of drug-likeness (QED) is 0.841. The zero-order chi connectivity index (χ0) is 15.0. The third-order valence-electron chi connectivity index (χ3n) is 4.63. The van der Waals surface area contributed by atoms with Gasteiger partial charge < -0.3 is 5.32 Å². The molecule has 0 aliphatic heterocycles. The first-order chi connectivity index (χ1) is 9.25. The Hall–Kier alpha value is -1.03. The first-order valence-corrected chi connectivity index (χ1v) is 7.10. The van der Waals surface area contributed by atoms with Crippen LogP contribution >= 0.6 is 0 Å². The minimum absolute atomic E-state index is 0.0187. The Bertz CT molecular complexity index is 465. The summed E-state index contributed by atoms with van der Waals surface area (Å²) in [5.41, 5.74) is 0.343. The maximum absolute atomic E-state index is 12.8. The van der Waals surface area contributed by atoms with Gasteiger partial charge in [0.2, 0.25) is 0 Å². The molecule has 1 saturated carbocycles. The second kappa shape index (κ2) is 5.40. The highest BCUT2D eigenvalue weighted by Crippen LogP contribution is 2.48. The summed E-state index contributed by atoms with van der Waals surface area (Å²) < 4.78 is 38.5. The predicted molar refractivity (Wildman–Crippen MR) is 74.4 cm³/mol. The average Bonchev–Trinajstić information content (AvgIpc) is 2.70. The molecule has 1 aliphatic rings. The Balaban J connectivity index is 2.33. The van der Waals surface area contributed by atoms with E-state index in [0.29, 0.717) is 5.92 Å². The minimum Gasteiger partial charge on any atom is -0.313 e. The molecule has 2 unspecified atom stereocenters. The number of alkyl halides is 3. The fraction of sp³-hybridized carbons (Fsp3) is 0.625. The Kier molecular flexibility index (Phi) is 4.14. The van der Waals surface area contributed by atoms with Gasteiger partial charge in [0, 0.05) is 6.04 Å². The first-order valence-electron chi connectivity index (χ1n) is 7.10. The van der Waals surface area contributed by atoms with Gasteiger partial charge in [-0.15, -0.1) is 0 Å². The fourth-order valence-electron chi connectivity index (χ4n) is 3.48. The SMILES string of the molecule is CNC(c1cccc(C(F)(F)F)c1)C1CCCC1(C)C. The summed E-state index contributed by atoms with van der Waals surface area (Å²) in [6.07, 6.45) is -0.933. The van der Waals surface area contributed by atoms with Gasteiger partial charge in [0.15, 0.2) is 0 Å². The van der Waals surface area contributed by atoms with Crippen molar-refractivity contribution in [2.75, 3.05) is 7.05 Å². The smallest absolute Gasteiger partial charge is 0.313 e. The van der Waals surface area contributed by atoms with Crippen LogP contribution in [0.25, 0.3) is 0 Å². The van der Waals surface area contributed by atoms with Gasteiger partial charge in [-0.05, 0) is 48.9 Å². The summed E-state index contributed by atoms with van der Waals surface area (Å²) in [5.74, 6) is 0.371. The molecular weight excluding hydrogens is 263 g/mol. The third kappa shape index (κ3) is 3.00. The van der Waals surface area contributed by atoms with E-state index in [1.54, 1.807) is 6.07 Å². The van der Waals surface area contributed by atoms with Crippen molar-refractivity contribution in [2.24, 2.45) is 11.3 Å². The summed E-state index contributed by atoms with van der Waals surface area (Å²) >= 11 is 0. The molecule has 0 radical (unpaired) electrons. The lowest BCUT2D eigenvalue weighted by Gasteiger charge is -2.34. The standard InChI is InChI=1S/C16H22F3N/c1-15(2)9-5-8-13(15)14(20-3)11-6-4-7-12(10-11)16(17,18)19/h4,6-7,10,13-14,20H,5,8-9H2,1-3H3. The van der Waals surface area contributed by atoms with Crippen molar-refractivity contribution >= 4 is 0 Å². The normalized spacial score (nSPS) is 23.8. The van der Waals surface area contributed by atoms with E-state index < -0.39 is 11.7 Å². The lowest BCUT2D eigenvalue weighted by atomic mass is 9.75. The molecule has 112 valence electrons. The molecule has 1 N–H and O–H groups in total. The van der Waals surface area contributed by atoms with Gasteiger partial charge in [-0.3, -0.25) is 0 Å². The van der Waals surface area contributed by atoms with E-state index in [9.17, 15) is 13.2 Å². The first kappa shape index (κ1) is 15.4. The van der Waals surface area contributed by atoms with Crippen molar-refractivity contribution in [1.29, 1.82) is 0 Å². The van der Waals surface area contributed by atoms with Crippen molar-refractivity contribution in [3.8, 4) is 0 Å².